The van der Waals surface area contributed by atoms with Gasteiger partial charge in [-0.1, -0.05) is 6.07 Å². The summed E-state index contributed by atoms with van der Waals surface area (Å²) in [6.45, 7) is 2.31. The number of nitrogens with zero attached hydrogens (tertiary/aromatic N) is 5. The number of fused-ring (bicyclic) bond motifs is 1. The van der Waals surface area contributed by atoms with Crippen molar-refractivity contribution in [2.75, 3.05) is 12.8 Å². The van der Waals surface area contributed by atoms with Gasteiger partial charge in [-0.05, 0) is 55.0 Å². The molecular formula is C27H23FN6O2. The molecule has 0 saturated carbocycles. The van der Waals surface area contributed by atoms with Crippen LogP contribution in [0.3, 0.4) is 0 Å². The first-order valence-corrected chi connectivity index (χ1v) is 11.3. The molecule has 5 aromatic rings. The second-order valence-corrected chi connectivity index (χ2v) is 8.33. The Morgan fingerprint density at radius 3 is 2.58 bits per heavy atom. The second kappa shape index (κ2) is 9.53. The first-order valence-electron chi connectivity index (χ1n) is 11.3. The van der Waals surface area contributed by atoms with Crippen molar-refractivity contribution in [1.82, 2.24) is 24.7 Å². The maximum absolute atomic E-state index is 13.7. The zero-order valence-corrected chi connectivity index (χ0v) is 19.8. The number of esters is 1. The van der Waals surface area contributed by atoms with Gasteiger partial charge < -0.3 is 10.5 Å². The number of rotatable bonds is 6. The highest BCUT2D eigenvalue weighted by atomic mass is 19.1. The number of carbonyl (C=O) groups is 1. The Kier molecular flexibility index (Phi) is 6.12. The van der Waals surface area contributed by atoms with Gasteiger partial charge in [0, 0.05) is 39.5 Å². The zero-order valence-electron chi connectivity index (χ0n) is 19.8. The minimum absolute atomic E-state index is 0.207. The molecule has 2 aromatic carbocycles. The lowest BCUT2D eigenvalue weighted by Gasteiger charge is -2.14. The van der Waals surface area contributed by atoms with E-state index in [1.807, 2.05) is 37.4 Å². The predicted molar refractivity (Wildman–Crippen MR) is 135 cm³/mol. The molecular weight excluding hydrogens is 459 g/mol. The standard InChI is InChI=1S/C27H23FN6O2/c1-16-21-11-18(5-8-24(21)31-15-30-16)22-12-23(19-13-32-34(14-19)10-9-25(35)36-2)27(29)33-26(22)17-3-6-20(28)7-4-17/h3-8,11-15H,9-10H2,1-2H3,(H2,29,33). The van der Waals surface area contributed by atoms with E-state index in [0.29, 0.717) is 23.6 Å². The molecule has 0 aliphatic heterocycles. The summed E-state index contributed by atoms with van der Waals surface area (Å²) in [5.41, 5.74) is 12.7. The van der Waals surface area contributed by atoms with E-state index >= 15 is 0 Å². The molecule has 9 heteroatoms. The maximum atomic E-state index is 13.7. The molecule has 0 fully saturated rings. The van der Waals surface area contributed by atoms with Crippen LogP contribution in [0, 0.1) is 12.7 Å². The van der Waals surface area contributed by atoms with Crippen molar-refractivity contribution in [2.45, 2.75) is 19.9 Å². The fourth-order valence-electron chi connectivity index (χ4n) is 4.09. The highest BCUT2D eigenvalue weighted by Gasteiger charge is 2.17. The zero-order chi connectivity index (χ0) is 25.2. The van der Waals surface area contributed by atoms with Crippen LogP contribution in [0.1, 0.15) is 12.1 Å². The van der Waals surface area contributed by atoms with Crippen LogP contribution >= 0.6 is 0 Å². The van der Waals surface area contributed by atoms with E-state index in [9.17, 15) is 9.18 Å². The number of nitrogen functional groups attached to an aromatic ring is 1. The summed E-state index contributed by atoms with van der Waals surface area (Å²) >= 11 is 0. The number of hydrogen-bond donors (Lipinski definition) is 1. The Labute approximate surface area is 206 Å². The van der Waals surface area contributed by atoms with Gasteiger partial charge in [-0.3, -0.25) is 9.48 Å². The van der Waals surface area contributed by atoms with Crippen molar-refractivity contribution in [1.29, 1.82) is 0 Å². The van der Waals surface area contributed by atoms with Crippen molar-refractivity contribution >= 4 is 22.7 Å². The Hall–Kier alpha value is -4.66. The van der Waals surface area contributed by atoms with Gasteiger partial charge in [0.15, 0.2) is 0 Å². The smallest absolute Gasteiger partial charge is 0.307 e. The normalized spacial score (nSPS) is 11.1. The summed E-state index contributed by atoms with van der Waals surface area (Å²) in [6, 6.07) is 14.1. The van der Waals surface area contributed by atoms with Crippen LogP contribution in [0.5, 0.6) is 0 Å². The quantitative estimate of drug-likeness (QED) is 0.346. The first-order chi connectivity index (χ1) is 17.4. The van der Waals surface area contributed by atoms with Gasteiger partial charge in [-0.15, -0.1) is 0 Å². The van der Waals surface area contributed by atoms with Crippen LogP contribution in [0.15, 0.2) is 67.3 Å². The SMILES string of the molecule is COC(=O)CCn1cc(-c2cc(-c3ccc4ncnc(C)c4c3)c(-c3ccc(F)cc3)nc2N)cn1. The van der Waals surface area contributed by atoms with Gasteiger partial charge in [0.2, 0.25) is 0 Å². The van der Waals surface area contributed by atoms with Crippen LogP contribution in [0.4, 0.5) is 10.2 Å². The summed E-state index contributed by atoms with van der Waals surface area (Å²) in [6.07, 6.45) is 5.25. The first kappa shape index (κ1) is 23.1. The summed E-state index contributed by atoms with van der Waals surface area (Å²) < 4.78 is 20.0. The van der Waals surface area contributed by atoms with Gasteiger partial charge in [0.1, 0.15) is 18.0 Å². The summed E-state index contributed by atoms with van der Waals surface area (Å²) in [7, 11) is 1.35. The monoisotopic (exact) mass is 482 g/mol. The third-order valence-electron chi connectivity index (χ3n) is 6.03. The molecule has 0 aliphatic carbocycles. The summed E-state index contributed by atoms with van der Waals surface area (Å²) in [5.74, 6) is -0.330. The van der Waals surface area contributed by atoms with Crippen LogP contribution in [0.2, 0.25) is 0 Å². The van der Waals surface area contributed by atoms with Crippen LogP contribution in [0.25, 0.3) is 44.4 Å². The Bertz CT molecular complexity index is 1580. The van der Waals surface area contributed by atoms with Crippen LogP contribution in [-0.4, -0.2) is 37.8 Å². The lowest BCUT2D eigenvalue weighted by Crippen LogP contribution is -2.07. The molecule has 3 aromatic heterocycles. The van der Waals surface area contributed by atoms with E-state index in [4.69, 9.17) is 15.5 Å². The van der Waals surface area contributed by atoms with E-state index in [-0.39, 0.29) is 18.2 Å². The van der Waals surface area contributed by atoms with E-state index < -0.39 is 0 Å². The number of pyridine rings is 1. The van der Waals surface area contributed by atoms with Crippen molar-refractivity contribution in [3.8, 4) is 33.5 Å². The molecule has 180 valence electrons. The highest BCUT2D eigenvalue weighted by molar-refractivity contribution is 5.92. The van der Waals surface area contributed by atoms with Crippen molar-refractivity contribution in [3.63, 3.8) is 0 Å². The van der Waals surface area contributed by atoms with Gasteiger partial charge in [-0.2, -0.15) is 5.10 Å². The number of ether oxygens (including phenoxy) is 1. The lowest BCUT2D eigenvalue weighted by atomic mass is 9.95. The molecule has 0 saturated heterocycles. The summed E-state index contributed by atoms with van der Waals surface area (Å²) in [4.78, 5) is 24.9. The van der Waals surface area contributed by atoms with Gasteiger partial charge >= 0.3 is 5.97 Å². The number of aromatic nitrogens is 5. The molecule has 8 nitrogen and oxygen atoms in total. The molecule has 0 radical (unpaired) electrons. The molecule has 36 heavy (non-hydrogen) atoms. The number of carbonyl (C=O) groups excluding carboxylic acids is 1. The van der Waals surface area contributed by atoms with Crippen molar-refractivity contribution < 1.29 is 13.9 Å². The van der Waals surface area contributed by atoms with E-state index in [0.717, 1.165) is 38.9 Å². The second-order valence-electron chi connectivity index (χ2n) is 8.33. The lowest BCUT2D eigenvalue weighted by molar-refractivity contribution is -0.140. The van der Waals surface area contributed by atoms with Crippen LogP contribution < -0.4 is 5.73 Å². The van der Waals surface area contributed by atoms with Gasteiger partial charge in [0.05, 0.1) is 37.5 Å². The number of halogens is 1. The maximum Gasteiger partial charge on any atom is 0.307 e. The third kappa shape index (κ3) is 4.50. The molecule has 2 N–H and O–H groups in total. The van der Waals surface area contributed by atoms with Gasteiger partial charge in [-0.25, -0.2) is 19.3 Å². The van der Waals surface area contributed by atoms with Gasteiger partial charge in [0.25, 0.3) is 0 Å². The topological polar surface area (TPSA) is 109 Å². The Morgan fingerprint density at radius 1 is 1.03 bits per heavy atom. The third-order valence-corrected chi connectivity index (χ3v) is 6.03. The van der Waals surface area contributed by atoms with E-state index in [1.54, 1.807) is 29.3 Å². The molecule has 5 rings (SSSR count). The van der Waals surface area contributed by atoms with Crippen molar-refractivity contribution in [3.05, 3.63) is 78.8 Å². The number of aryl methyl sites for hydroxylation is 2. The molecule has 0 unspecified atom stereocenters. The average Bonchev–Trinajstić information content (AvgIpc) is 3.36. The number of nitrogens with two attached hydrogens (primary N) is 1. The molecule has 0 amide bonds. The van der Waals surface area contributed by atoms with E-state index in [1.165, 1.54) is 19.2 Å². The fourth-order valence-corrected chi connectivity index (χ4v) is 4.09. The largest absolute Gasteiger partial charge is 0.469 e. The number of anilines is 1. The fraction of sp³-hybridized carbons (Fsp3) is 0.148. The number of benzene rings is 2. The Morgan fingerprint density at radius 2 is 1.81 bits per heavy atom. The molecule has 3 heterocycles. The number of methoxy groups -OCH3 is 1. The minimum Gasteiger partial charge on any atom is -0.469 e. The van der Waals surface area contributed by atoms with E-state index in [2.05, 4.69) is 15.1 Å². The molecule has 0 bridgehead atoms. The molecule has 0 aliphatic rings. The summed E-state index contributed by atoms with van der Waals surface area (Å²) in [5, 5.41) is 5.28. The van der Waals surface area contributed by atoms with Crippen LogP contribution in [-0.2, 0) is 16.1 Å². The predicted octanol–water partition coefficient (Wildman–Crippen LogP) is 4.82. The number of hydrogen-bond acceptors (Lipinski definition) is 7. The minimum atomic E-state index is -0.331. The van der Waals surface area contributed by atoms with Crippen molar-refractivity contribution in [2.24, 2.45) is 0 Å². The molecule has 0 spiro atoms. The average molecular weight is 483 g/mol. The molecule has 0 atom stereocenters. The Balaban J connectivity index is 1.65. The highest BCUT2D eigenvalue weighted by Crippen LogP contribution is 2.38.